The zero-order valence-corrected chi connectivity index (χ0v) is 10.4. The minimum absolute atomic E-state index is 0.181. The molecule has 1 rings (SSSR count). The van der Waals surface area contributed by atoms with Crippen LogP contribution in [0.2, 0.25) is 5.02 Å². The average molecular weight is 234 g/mol. The van der Waals surface area contributed by atoms with Gasteiger partial charge in [0.15, 0.2) is 5.82 Å². The van der Waals surface area contributed by atoms with Gasteiger partial charge in [0.25, 0.3) is 0 Å². The smallest absolute Gasteiger partial charge is 0.151 e. The first kappa shape index (κ1) is 11.7. The monoisotopic (exact) mass is 233 g/mol. The fourth-order valence-electron chi connectivity index (χ4n) is 1.45. The highest BCUT2D eigenvalue weighted by Crippen LogP contribution is 2.31. The van der Waals surface area contributed by atoms with Crippen molar-refractivity contribution in [2.45, 2.75) is 26.7 Å². The standard InChI is InChI=1S/C10H14ClFNP/c1-4(2)6-7(11)5(3)8(12)9(13)10(6)14/h4H,13-14H2,1-3H3. The van der Waals surface area contributed by atoms with E-state index in [0.717, 1.165) is 5.56 Å². The minimum atomic E-state index is -0.413. The number of nitrogens with two attached hydrogens (primary N) is 1. The number of halogens is 2. The van der Waals surface area contributed by atoms with Gasteiger partial charge in [-0.15, -0.1) is 9.24 Å². The van der Waals surface area contributed by atoms with Gasteiger partial charge in [0.1, 0.15) is 0 Å². The molecule has 1 aromatic carbocycles. The van der Waals surface area contributed by atoms with E-state index in [1.807, 2.05) is 13.8 Å². The van der Waals surface area contributed by atoms with Crippen LogP contribution in [0.15, 0.2) is 0 Å². The third-order valence-electron chi connectivity index (χ3n) is 2.29. The molecule has 0 saturated heterocycles. The molecular formula is C10H14ClFNP. The fraction of sp³-hybridized carbons (Fsp3) is 0.400. The summed E-state index contributed by atoms with van der Waals surface area (Å²) >= 11 is 6.06. The Kier molecular flexibility index (Phi) is 3.39. The first-order chi connectivity index (χ1) is 6.37. The molecule has 0 fully saturated rings. The highest BCUT2D eigenvalue weighted by molar-refractivity contribution is 7.28. The molecule has 0 spiro atoms. The number of hydrogen-bond donors (Lipinski definition) is 1. The lowest BCUT2D eigenvalue weighted by Crippen LogP contribution is -2.14. The van der Waals surface area contributed by atoms with Crippen molar-refractivity contribution >= 4 is 31.8 Å². The maximum absolute atomic E-state index is 13.5. The first-order valence-corrected chi connectivity index (χ1v) is 5.35. The minimum Gasteiger partial charge on any atom is -0.396 e. The summed E-state index contributed by atoms with van der Waals surface area (Å²) in [6, 6.07) is 0. The number of anilines is 1. The molecule has 0 heterocycles. The molecule has 0 aliphatic rings. The second-order valence-corrected chi connectivity index (χ2v) is 4.60. The molecule has 14 heavy (non-hydrogen) atoms. The molecule has 4 heteroatoms. The van der Waals surface area contributed by atoms with E-state index in [0.29, 0.717) is 15.9 Å². The van der Waals surface area contributed by atoms with Crippen molar-refractivity contribution in [1.82, 2.24) is 0 Å². The summed E-state index contributed by atoms with van der Waals surface area (Å²) in [6.07, 6.45) is 0. The zero-order chi connectivity index (χ0) is 11.0. The third kappa shape index (κ3) is 1.74. The summed E-state index contributed by atoms with van der Waals surface area (Å²) < 4.78 is 13.5. The fourth-order valence-corrected chi connectivity index (χ4v) is 2.55. The number of nitrogen functional groups attached to an aromatic ring is 1. The molecule has 1 aromatic rings. The van der Waals surface area contributed by atoms with E-state index in [1.54, 1.807) is 6.92 Å². The number of hydrogen-bond acceptors (Lipinski definition) is 1. The van der Waals surface area contributed by atoms with Gasteiger partial charge in [-0.25, -0.2) is 4.39 Å². The van der Waals surface area contributed by atoms with Crippen LogP contribution in [-0.4, -0.2) is 0 Å². The van der Waals surface area contributed by atoms with Crippen molar-refractivity contribution in [3.8, 4) is 0 Å². The highest BCUT2D eigenvalue weighted by Gasteiger charge is 2.18. The molecule has 2 N–H and O–H groups in total. The lowest BCUT2D eigenvalue weighted by Gasteiger charge is -2.17. The van der Waals surface area contributed by atoms with Gasteiger partial charge < -0.3 is 5.73 Å². The molecule has 0 radical (unpaired) electrons. The Balaban J connectivity index is 3.60. The molecule has 1 atom stereocenters. The topological polar surface area (TPSA) is 26.0 Å². The van der Waals surface area contributed by atoms with E-state index in [4.69, 9.17) is 17.3 Å². The van der Waals surface area contributed by atoms with E-state index in [9.17, 15) is 4.39 Å². The van der Waals surface area contributed by atoms with Crippen LogP contribution in [0.25, 0.3) is 0 Å². The van der Waals surface area contributed by atoms with Gasteiger partial charge in [-0.05, 0) is 18.4 Å². The average Bonchev–Trinajstić information content (AvgIpc) is 2.11. The molecule has 0 amide bonds. The predicted molar refractivity (Wildman–Crippen MR) is 64.0 cm³/mol. The van der Waals surface area contributed by atoms with E-state index < -0.39 is 5.82 Å². The number of rotatable bonds is 1. The maximum Gasteiger partial charge on any atom is 0.151 e. The van der Waals surface area contributed by atoms with E-state index in [1.165, 1.54) is 0 Å². The van der Waals surface area contributed by atoms with Crippen LogP contribution in [0, 0.1) is 12.7 Å². The van der Waals surface area contributed by atoms with Gasteiger partial charge in [0.2, 0.25) is 0 Å². The van der Waals surface area contributed by atoms with Crippen LogP contribution < -0.4 is 11.0 Å². The van der Waals surface area contributed by atoms with Crippen LogP contribution >= 0.6 is 20.8 Å². The summed E-state index contributed by atoms with van der Waals surface area (Å²) in [5, 5.41) is 1.16. The van der Waals surface area contributed by atoms with Crippen LogP contribution in [-0.2, 0) is 0 Å². The largest absolute Gasteiger partial charge is 0.396 e. The molecule has 1 nitrogen and oxygen atoms in total. The molecule has 0 aliphatic heterocycles. The Labute approximate surface area is 91.0 Å². The Hall–Kier alpha value is -0.330. The van der Waals surface area contributed by atoms with Crippen LogP contribution in [0.5, 0.6) is 0 Å². The van der Waals surface area contributed by atoms with Crippen LogP contribution in [0.4, 0.5) is 10.1 Å². The Morgan fingerprint density at radius 3 is 2.36 bits per heavy atom. The lowest BCUT2D eigenvalue weighted by atomic mass is 9.99. The molecule has 1 unspecified atom stereocenters. The molecule has 0 bridgehead atoms. The van der Waals surface area contributed by atoms with Crippen molar-refractivity contribution in [2.75, 3.05) is 5.73 Å². The predicted octanol–water partition coefficient (Wildman–Crippen LogP) is 2.99. The molecule has 78 valence electrons. The van der Waals surface area contributed by atoms with Crippen molar-refractivity contribution in [1.29, 1.82) is 0 Å². The van der Waals surface area contributed by atoms with Crippen LogP contribution in [0.1, 0.15) is 30.9 Å². The van der Waals surface area contributed by atoms with E-state index in [-0.39, 0.29) is 11.6 Å². The second-order valence-electron chi connectivity index (χ2n) is 3.65. The third-order valence-corrected chi connectivity index (χ3v) is 3.40. The van der Waals surface area contributed by atoms with E-state index in [2.05, 4.69) is 9.24 Å². The molecule has 0 aliphatic carbocycles. The van der Waals surface area contributed by atoms with E-state index >= 15 is 0 Å². The summed E-state index contributed by atoms with van der Waals surface area (Å²) in [5.74, 6) is -0.180. The van der Waals surface area contributed by atoms with Crippen LogP contribution in [0.3, 0.4) is 0 Å². The lowest BCUT2D eigenvalue weighted by molar-refractivity contribution is 0.623. The van der Waals surface area contributed by atoms with Gasteiger partial charge in [-0.3, -0.25) is 0 Å². The number of benzene rings is 1. The molecule has 0 aromatic heterocycles. The van der Waals surface area contributed by atoms with Gasteiger partial charge in [0, 0.05) is 10.9 Å². The van der Waals surface area contributed by atoms with Gasteiger partial charge in [-0.1, -0.05) is 25.4 Å². The Morgan fingerprint density at radius 2 is 1.93 bits per heavy atom. The summed E-state index contributed by atoms with van der Waals surface area (Å²) in [4.78, 5) is 0. The maximum atomic E-state index is 13.5. The van der Waals surface area contributed by atoms with Crippen molar-refractivity contribution in [3.05, 3.63) is 22.0 Å². The zero-order valence-electron chi connectivity index (χ0n) is 8.49. The summed E-state index contributed by atoms with van der Waals surface area (Å²) in [5.41, 5.74) is 7.16. The Morgan fingerprint density at radius 1 is 1.43 bits per heavy atom. The Bertz CT molecular complexity index is 348. The molecular weight excluding hydrogens is 220 g/mol. The normalized spacial score (nSPS) is 11.1. The summed E-state index contributed by atoms with van der Waals surface area (Å²) in [7, 11) is 2.45. The first-order valence-electron chi connectivity index (χ1n) is 4.40. The quantitative estimate of drug-likeness (QED) is 0.586. The van der Waals surface area contributed by atoms with Crippen molar-refractivity contribution in [3.63, 3.8) is 0 Å². The van der Waals surface area contributed by atoms with Crippen molar-refractivity contribution < 1.29 is 4.39 Å². The molecule has 0 saturated carbocycles. The summed E-state index contributed by atoms with van der Waals surface area (Å²) in [6.45, 7) is 5.65. The van der Waals surface area contributed by atoms with Gasteiger partial charge in [0.05, 0.1) is 10.7 Å². The van der Waals surface area contributed by atoms with Crippen molar-refractivity contribution in [2.24, 2.45) is 0 Å². The highest BCUT2D eigenvalue weighted by atomic mass is 35.5. The van der Waals surface area contributed by atoms with Gasteiger partial charge >= 0.3 is 0 Å². The SMILES string of the molecule is Cc1c(F)c(N)c(P)c(C(C)C)c1Cl. The second kappa shape index (κ2) is 4.04. The van der Waals surface area contributed by atoms with Gasteiger partial charge in [-0.2, -0.15) is 0 Å².